The highest BCUT2D eigenvalue weighted by molar-refractivity contribution is 7.95. The van der Waals surface area contributed by atoms with Gasteiger partial charge in [0.1, 0.15) is 5.82 Å². The third-order valence-corrected chi connectivity index (χ3v) is 5.90. The fraction of sp³-hybridized carbons (Fsp3) is 0.467. The van der Waals surface area contributed by atoms with E-state index >= 15 is 0 Å². The second kappa shape index (κ2) is 5.30. The minimum Gasteiger partial charge on any atom is -0.298 e. The summed E-state index contributed by atoms with van der Waals surface area (Å²) in [5, 5.41) is 0. The SMILES string of the molecule is O=S1(=O)C(CN2CCCCCC2)=Cc2c(F)cccc21. The molecule has 0 bridgehead atoms. The van der Waals surface area contributed by atoms with E-state index in [1.165, 1.54) is 37.1 Å². The van der Waals surface area contributed by atoms with Crippen LogP contribution in [0.15, 0.2) is 28.0 Å². The first-order valence-corrected chi connectivity index (χ1v) is 8.54. The molecule has 5 heteroatoms. The summed E-state index contributed by atoms with van der Waals surface area (Å²) in [4.78, 5) is 2.61. The smallest absolute Gasteiger partial charge is 0.204 e. The van der Waals surface area contributed by atoms with Gasteiger partial charge >= 0.3 is 0 Å². The molecule has 1 aromatic rings. The molecule has 3 rings (SSSR count). The van der Waals surface area contributed by atoms with Crippen molar-refractivity contribution < 1.29 is 12.8 Å². The van der Waals surface area contributed by atoms with Crippen molar-refractivity contribution in [2.45, 2.75) is 30.6 Å². The van der Waals surface area contributed by atoms with Crippen LogP contribution in [0.3, 0.4) is 0 Å². The van der Waals surface area contributed by atoms with Crippen molar-refractivity contribution >= 4 is 15.9 Å². The zero-order chi connectivity index (χ0) is 14.2. The fourth-order valence-electron chi connectivity index (χ4n) is 2.92. The molecule has 0 aromatic heterocycles. The second-order valence-electron chi connectivity index (χ2n) is 5.46. The second-order valence-corrected chi connectivity index (χ2v) is 7.43. The molecule has 2 aliphatic rings. The molecular formula is C15H18FNO2S. The van der Waals surface area contributed by atoms with Crippen LogP contribution in [-0.2, 0) is 9.84 Å². The predicted octanol–water partition coefficient (Wildman–Crippen LogP) is 2.83. The number of benzene rings is 1. The first kappa shape index (κ1) is 13.8. The molecule has 2 heterocycles. The fourth-order valence-corrected chi connectivity index (χ4v) is 4.53. The average molecular weight is 295 g/mol. The van der Waals surface area contributed by atoms with Crippen LogP contribution in [-0.4, -0.2) is 33.0 Å². The minimum absolute atomic E-state index is 0.113. The Morgan fingerprint density at radius 3 is 2.45 bits per heavy atom. The van der Waals surface area contributed by atoms with Crippen LogP contribution in [0.5, 0.6) is 0 Å². The van der Waals surface area contributed by atoms with E-state index in [1.807, 2.05) is 0 Å². The lowest BCUT2D eigenvalue weighted by Crippen LogP contribution is -2.28. The average Bonchev–Trinajstić information content (AvgIpc) is 2.60. The molecule has 0 amide bonds. The molecule has 0 atom stereocenters. The van der Waals surface area contributed by atoms with Crippen molar-refractivity contribution in [2.24, 2.45) is 0 Å². The van der Waals surface area contributed by atoms with E-state index in [2.05, 4.69) is 4.90 Å². The summed E-state index contributed by atoms with van der Waals surface area (Å²) in [6.45, 7) is 2.24. The van der Waals surface area contributed by atoms with Gasteiger partial charge in [-0.1, -0.05) is 18.9 Å². The van der Waals surface area contributed by atoms with Crippen LogP contribution in [0.4, 0.5) is 4.39 Å². The third kappa shape index (κ3) is 2.40. The van der Waals surface area contributed by atoms with E-state index in [1.54, 1.807) is 0 Å². The van der Waals surface area contributed by atoms with Crippen molar-refractivity contribution in [2.75, 3.05) is 19.6 Å². The number of fused-ring (bicyclic) bond motifs is 1. The van der Waals surface area contributed by atoms with Gasteiger partial charge in [0.05, 0.1) is 9.80 Å². The van der Waals surface area contributed by atoms with Gasteiger partial charge in [0.2, 0.25) is 9.84 Å². The minimum atomic E-state index is -3.50. The molecule has 0 saturated carbocycles. The Morgan fingerprint density at radius 2 is 1.80 bits per heavy atom. The highest BCUT2D eigenvalue weighted by Gasteiger charge is 2.32. The highest BCUT2D eigenvalue weighted by atomic mass is 32.2. The van der Waals surface area contributed by atoms with Crippen LogP contribution in [0.1, 0.15) is 31.2 Å². The van der Waals surface area contributed by atoms with Gasteiger partial charge in [0, 0.05) is 12.1 Å². The maximum atomic E-state index is 13.7. The molecule has 3 nitrogen and oxygen atoms in total. The Kier molecular flexibility index (Phi) is 3.65. The number of likely N-dealkylation sites (tertiary alicyclic amines) is 1. The molecule has 1 aromatic carbocycles. The molecule has 0 radical (unpaired) electrons. The van der Waals surface area contributed by atoms with Gasteiger partial charge < -0.3 is 0 Å². The van der Waals surface area contributed by atoms with Crippen molar-refractivity contribution in [1.29, 1.82) is 0 Å². The first-order chi connectivity index (χ1) is 9.59. The van der Waals surface area contributed by atoms with E-state index in [-0.39, 0.29) is 10.5 Å². The molecule has 1 saturated heterocycles. The van der Waals surface area contributed by atoms with Crippen molar-refractivity contribution in [3.63, 3.8) is 0 Å². The number of hydrogen-bond donors (Lipinski definition) is 0. The maximum Gasteiger partial charge on any atom is 0.204 e. The normalized spacial score (nSPS) is 22.1. The van der Waals surface area contributed by atoms with E-state index in [9.17, 15) is 12.8 Å². The van der Waals surface area contributed by atoms with Crippen LogP contribution in [0.2, 0.25) is 0 Å². The van der Waals surface area contributed by atoms with Crippen LogP contribution in [0.25, 0.3) is 6.08 Å². The summed E-state index contributed by atoms with van der Waals surface area (Å²) in [6.07, 6.45) is 6.13. The quantitative estimate of drug-likeness (QED) is 0.842. The largest absolute Gasteiger partial charge is 0.298 e. The molecule has 20 heavy (non-hydrogen) atoms. The lowest BCUT2D eigenvalue weighted by atomic mass is 10.2. The zero-order valence-corrected chi connectivity index (χ0v) is 12.1. The van der Waals surface area contributed by atoms with Gasteiger partial charge in [-0.3, -0.25) is 4.90 Å². The molecule has 0 aliphatic carbocycles. The van der Waals surface area contributed by atoms with E-state index in [0.29, 0.717) is 11.4 Å². The summed E-state index contributed by atoms with van der Waals surface area (Å²) in [5.74, 6) is -0.461. The predicted molar refractivity (Wildman–Crippen MR) is 76.5 cm³/mol. The van der Waals surface area contributed by atoms with Gasteiger partial charge in [0.15, 0.2) is 0 Å². The van der Waals surface area contributed by atoms with Crippen LogP contribution in [0, 0.1) is 5.82 Å². The van der Waals surface area contributed by atoms with Crippen molar-refractivity contribution in [3.8, 4) is 0 Å². The van der Waals surface area contributed by atoms with Gasteiger partial charge in [-0.2, -0.15) is 0 Å². The molecular weight excluding hydrogens is 277 g/mol. The Balaban J connectivity index is 1.88. The summed E-state index contributed by atoms with van der Waals surface area (Å²) in [5.41, 5.74) is 0.220. The standard InChI is InChI=1S/C15H18FNO2S/c16-14-6-5-7-15-13(14)10-12(20(15,18)19)11-17-8-3-1-2-4-9-17/h5-7,10H,1-4,8-9,11H2. The maximum absolute atomic E-state index is 13.7. The number of rotatable bonds is 2. The summed E-state index contributed by atoms with van der Waals surface area (Å²) < 4.78 is 38.6. The monoisotopic (exact) mass is 295 g/mol. The highest BCUT2D eigenvalue weighted by Crippen LogP contribution is 2.34. The Morgan fingerprint density at radius 1 is 1.10 bits per heavy atom. The van der Waals surface area contributed by atoms with E-state index in [0.717, 1.165) is 25.9 Å². The Bertz CT molecular complexity index is 644. The van der Waals surface area contributed by atoms with E-state index in [4.69, 9.17) is 0 Å². The topological polar surface area (TPSA) is 37.4 Å². The number of nitrogens with zero attached hydrogens (tertiary/aromatic N) is 1. The number of halogens is 1. The molecule has 0 unspecified atom stereocenters. The van der Waals surface area contributed by atoms with Crippen molar-refractivity contribution in [1.82, 2.24) is 4.90 Å². The summed E-state index contributed by atoms with van der Waals surface area (Å²) in [6, 6.07) is 4.24. The van der Waals surface area contributed by atoms with Crippen LogP contribution < -0.4 is 0 Å². The van der Waals surface area contributed by atoms with Crippen molar-refractivity contribution in [3.05, 3.63) is 34.5 Å². The lowest BCUT2D eigenvalue weighted by molar-refractivity contribution is 0.313. The summed E-state index contributed by atoms with van der Waals surface area (Å²) in [7, 11) is -3.50. The Labute approximate surface area is 119 Å². The van der Waals surface area contributed by atoms with Gasteiger partial charge in [-0.25, -0.2) is 12.8 Å². The lowest BCUT2D eigenvalue weighted by Gasteiger charge is -2.19. The summed E-state index contributed by atoms with van der Waals surface area (Å²) >= 11 is 0. The molecule has 2 aliphatic heterocycles. The first-order valence-electron chi connectivity index (χ1n) is 7.05. The van der Waals surface area contributed by atoms with Gasteiger partial charge in [0.25, 0.3) is 0 Å². The zero-order valence-electron chi connectivity index (χ0n) is 11.3. The molecule has 108 valence electrons. The number of sulfone groups is 1. The third-order valence-electron chi connectivity index (χ3n) is 4.03. The molecule has 1 fully saturated rings. The number of hydrogen-bond acceptors (Lipinski definition) is 3. The Hall–Kier alpha value is -1.20. The van der Waals surface area contributed by atoms with Crippen LogP contribution >= 0.6 is 0 Å². The van der Waals surface area contributed by atoms with Gasteiger partial charge in [-0.05, 0) is 44.1 Å². The molecule has 0 N–H and O–H groups in total. The van der Waals surface area contributed by atoms with E-state index < -0.39 is 15.7 Å². The molecule has 0 spiro atoms. The van der Waals surface area contributed by atoms with Gasteiger partial charge in [-0.15, -0.1) is 0 Å².